The number of aryl methyl sites for hydroxylation is 1. The van der Waals surface area contributed by atoms with Gasteiger partial charge in [-0.1, -0.05) is 65.3 Å². The quantitative estimate of drug-likeness (QED) is 0.0547. The van der Waals surface area contributed by atoms with Crippen LogP contribution in [0.25, 0.3) is 10.9 Å². The van der Waals surface area contributed by atoms with Crippen LogP contribution in [0.15, 0.2) is 47.5 Å². The van der Waals surface area contributed by atoms with E-state index in [9.17, 15) is 77.4 Å². The van der Waals surface area contributed by atoms with Gasteiger partial charge in [-0.15, -0.1) is 0 Å². The molecule has 1 aromatic heterocycles. The van der Waals surface area contributed by atoms with E-state index in [4.69, 9.17) is 0 Å². The summed E-state index contributed by atoms with van der Waals surface area (Å²) in [6, 6.07) is 1.26. The second kappa shape index (κ2) is 31.3. The topological polar surface area (TPSA) is 425 Å². The summed E-state index contributed by atoms with van der Waals surface area (Å²) in [6.45, 7) is 7.74. The Morgan fingerprint density at radius 1 is 0.776 bits per heavy atom. The van der Waals surface area contributed by atoms with E-state index in [0.717, 1.165) is 4.90 Å². The first-order valence-electron chi connectivity index (χ1n) is 28.0. The van der Waals surface area contributed by atoms with E-state index in [1.807, 2.05) is 13.8 Å². The van der Waals surface area contributed by atoms with Crippen molar-refractivity contribution < 1.29 is 77.4 Å². The van der Waals surface area contributed by atoms with Gasteiger partial charge in [-0.25, -0.2) is 0 Å². The van der Waals surface area contributed by atoms with Gasteiger partial charge in [-0.2, -0.15) is 0 Å². The van der Waals surface area contributed by atoms with E-state index in [1.54, 1.807) is 65.1 Å². The number of benzene rings is 2. The number of aromatic nitrogens is 1. The molecule has 0 spiro atoms. The molecule has 3 aromatic rings. The maximum atomic E-state index is 15.0. The molecule has 29 heteroatoms. The van der Waals surface area contributed by atoms with Gasteiger partial charge >= 0.3 is 0 Å². The molecule has 3 heterocycles. The number of ketones is 1. The number of H-pyrrole nitrogens is 1. The number of nitrogens with zero attached hydrogens (tertiary/aromatic N) is 1. The Labute approximate surface area is 493 Å². The minimum absolute atomic E-state index is 0.0299. The predicted molar refractivity (Wildman–Crippen MR) is 307 cm³/mol. The predicted octanol–water partition coefficient (Wildman–Crippen LogP) is -3.85. The summed E-state index contributed by atoms with van der Waals surface area (Å²) in [5.41, 5.74) is 1.97. The molecule has 15 N–H and O–H groups in total. The summed E-state index contributed by atoms with van der Waals surface area (Å²) in [5, 5.41) is 67.6. The number of fused-ring (bicyclic) bond motifs is 2. The number of hydrogen-bond donors (Lipinski definition) is 15. The lowest BCUT2D eigenvalue weighted by Crippen LogP contribution is -2.61. The van der Waals surface area contributed by atoms with Gasteiger partial charge in [0, 0.05) is 43.3 Å². The molecule has 2 aliphatic rings. The molecule has 12 atom stereocenters. The van der Waals surface area contributed by atoms with Crippen LogP contribution in [0.4, 0.5) is 0 Å². The normalized spacial score (nSPS) is 23.0. The van der Waals surface area contributed by atoms with Gasteiger partial charge in [0.1, 0.15) is 41.0 Å². The molecule has 5 rings (SSSR count). The van der Waals surface area contributed by atoms with E-state index in [0.29, 0.717) is 34.0 Å². The van der Waals surface area contributed by atoms with Crippen LogP contribution in [-0.2, 0) is 76.5 Å². The number of aromatic amines is 1. The van der Waals surface area contributed by atoms with Crippen molar-refractivity contribution in [3.05, 3.63) is 59.2 Å². The van der Waals surface area contributed by atoms with E-state index >= 15 is 0 Å². The molecule has 0 saturated carbocycles. The van der Waals surface area contributed by atoms with Crippen LogP contribution in [0.2, 0.25) is 0 Å². The number of phenols is 1. The van der Waals surface area contributed by atoms with Crippen molar-refractivity contribution in [3.63, 3.8) is 0 Å². The molecular weight excluding hydrogens is 1130 g/mol. The van der Waals surface area contributed by atoms with E-state index in [-0.39, 0.29) is 41.3 Å². The molecule has 0 bridgehead atoms. The lowest BCUT2D eigenvalue weighted by atomic mass is 9.94. The summed E-state index contributed by atoms with van der Waals surface area (Å²) in [5.74, 6) is -12.1. The third kappa shape index (κ3) is 18.8. The Morgan fingerprint density at radius 2 is 1.40 bits per heavy atom. The number of hydrogen-bond acceptors (Lipinski definition) is 17. The zero-order valence-electron chi connectivity index (χ0n) is 48.8. The van der Waals surface area contributed by atoms with Gasteiger partial charge < -0.3 is 83.5 Å². The van der Waals surface area contributed by atoms with Crippen molar-refractivity contribution in [3.8, 4) is 5.75 Å². The number of likely N-dealkylation sites (N-methyl/N-ethyl adjacent to an activating group) is 1. The van der Waals surface area contributed by atoms with Gasteiger partial charge in [0.15, 0.2) is 5.78 Å². The highest BCUT2D eigenvalue weighted by Crippen LogP contribution is 2.28. The second-order valence-corrected chi connectivity index (χ2v) is 23.3. The molecule has 2 aliphatic heterocycles. The molecule has 2 aromatic carbocycles. The number of aromatic hydroxyl groups is 1. The summed E-state index contributed by atoms with van der Waals surface area (Å²) < 4.78 is 14.3. The average Bonchev–Trinajstić information content (AvgIpc) is 2.61. The summed E-state index contributed by atoms with van der Waals surface area (Å²) in [7, 11) is -0.539. The molecule has 10 amide bonds. The standard InChI is InChI=1S/C56H80N12O16S/c1-9-28(4)48-52(80)61-23-45(76)63-39(26-85(84)55-29(5)36-15-14-34(70)17-37(36)65-55)50(78)64-38(19-43(74)58-20-33-12-10-32(11-13-33)16-41(72)31(7)62-54(82)47(57-8)27(2)3)56(83)68-24-35(71)18-40(68)51(79)67-49(30(6)42(73)25-69)53(81)60-21-44(75)59-22-46(77)66-48/h10-15,17,27-28,30-31,35,38-40,42,47-49,57,65,69-71,73H,9,16,18-26H2,1-8H3,(H,58,74)(H,59,75)(H,60,81)(H,61,80)(H,62,82)(H,63,76)(H,64,78)(H,66,77)(H,67,79)/t28?,30-,31?,35+,38?,39-,40?,42?,47?,48?,49?,85?/m0/s1. The van der Waals surface area contributed by atoms with Crippen LogP contribution in [-0.4, -0.2) is 199 Å². The van der Waals surface area contributed by atoms with Crippen molar-refractivity contribution in [2.75, 3.05) is 45.6 Å². The lowest BCUT2D eigenvalue weighted by molar-refractivity contribution is -0.144. The number of carbonyl (C=O) groups is 11. The van der Waals surface area contributed by atoms with Crippen LogP contribution in [0, 0.1) is 24.7 Å². The summed E-state index contributed by atoms with van der Waals surface area (Å²) in [4.78, 5) is 155. The number of rotatable bonds is 19. The van der Waals surface area contributed by atoms with Gasteiger partial charge in [0.25, 0.3) is 0 Å². The molecule has 466 valence electrons. The van der Waals surface area contributed by atoms with E-state index in [1.165, 1.54) is 19.1 Å². The molecule has 85 heavy (non-hydrogen) atoms. The molecule has 2 saturated heterocycles. The van der Waals surface area contributed by atoms with Crippen LogP contribution in [0.3, 0.4) is 0 Å². The maximum Gasteiger partial charge on any atom is 0.246 e. The van der Waals surface area contributed by atoms with Crippen LogP contribution in [0.1, 0.15) is 77.5 Å². The van der Waals surface area contributed by atoms with Gasteiger partial charge in [0.05, 0.1) is 79.0 Å². The summed E-state index contributed by atoms with van der Waals surface area (Å²) >= 11 is 0. The number of amides is 10. The van der Waals surface area contributed by atoms with Crippen molar-refractivity contribution in [2.45, 2.75) is 140 Å². The van der Waals surface area contributed by atoms with Crippen LogP contribution < -0.4 is 53.2 Å². The SMILES string of the molecule is CCC(C)C1NC(=O)CNC(=O)CNC(=O)C([C@@H](C)C(O)CO)NC(=O)C2C[C@@H](O)CN2C(=O)C(CC(=O)NCc2ccc(CC(=O)C(C)NC(=O)C(NC)C(C)C)cc2)NC(=O)[C@H](CS(=O)c2[nH]c3cc(O)ccc3c2C)NC(=O)CNC1=O. The maximum absolute atomic E-state index is 15.0. The molecule has 9 unspecified atom stereocenters. The van der Waals surface area contributed by atoms with Gasteiger partial charge in [-0.3, -0.25) is 56.9 Å². The van der Waals surface area contributed by atoms with Gasteiger partial charge in [0.2, 0.25) is 59.1 Å². The summed E-state index contributed by atoms with van der Waals surface area (Å²) in [6.07, 6.45) is -4.02. The van der Waals surface area contributed by atoms with E-state index in [2.05, 4.69) is 58.2 Å². The number of carbonyl (C=O) groups excluding carboxylic acids is 11. The Morgan fingerprint density at radius 3 is 2.04 bits per heavy atom. The van der Waals surface area contributed by atoms with Gasteiger partial charge in [-0.05, 0) is 61.6 Å². The highest BCUT2D eigenvalue weighted by Gasteiger charge is 2.45. The Hall–Kier alpha value is -7.86. The fraction of sp³-hybridized carbons (Fsp3) is 0.554. The Bertz CT molecular complexity index is 2980. The zero-order chi connectivity index (χ0) is 63.0. The smallest absolute Gasteiger partial charge is 0.246 e. The minimum Gasteiger partial charge on any atom is -0.508 e. The lowest BCUT2D eigenvalue weighted by Gasteiger charge is -2.32. The molecule has 28 nitrogen and oxygen atoms in total. The fourth-order valence-corrected chi connectivity index (χ4v) is 11.1. The highest BCUT2D eigenvalue weighted by molar-refractivity contribution is 7.85. The molecule has 0 aliphatic carbocycles. The second-order valence-electron chi connectivity index (χ2n) is 21.8. The largest absolute Gasteiger partial charge is 0.508 e. The third-order valence-corrected chi connectivity index (χ3v) is 16.6. The first-order valence-corrected chi connectivity index (χ1v) is 29.3. The first-order chi connectivity index (χ1) is 40.2. The highest BCUT2D eigenvalue weighted by atomic mass is 32.2. The Kier molecular flexibility index (Phi) is 25.0. The molecular formula is C56H80N12O16S. The Balaban J connectivity index is 1.49. The first kappa shape index (κ1) is 67.9. The van der Waals surface area contributed by atoms with Crippen molar-refractivity contribution in [1.29, 1.82) is 0 Å². The molecule has 0 radical (unpaired) electrons. The zero-order valence-corrected chi connectivity index (χ0v) is 49.6. The number of aliphatic hydroxyl groups is 3. The molecule has 2 fully saturated rings. The van der Waals surface area contributed by atoms with Crippen LogP contribution >= 0.6 is 0 Å². The number of phenolic OH excluding ortho intramolecular Hbond substituents is 1. The van der Waals surface area contributed by atoms with Crippen molar-refractivity contribution in [1.82, 2.24) is 63.1 Å². The number of nitrogens with one attached hydrogen (secondary N) is 11. The van der Waals surface area contributed by atoms with E-state index < -0.39 is 182 Å². The van der Waals surface area contributed by atoms with Crippen molar-refractivity contribution >= 4 is 86.6 Å². The fourth-order valence-electron chi connectivity index (χ4n) is 9.70. The third-order valence-electron chi connectivity index (χ3n) is 15.1. The average molecular weight is 1210 g/mol. The van der Waals surface area contributed by atoms with Crippen LogP contribution in [0.5, 0.6) is 5.75 Å². The monoisotopic (exact) mass is 1210 g/mol. The number of aliphatic hydroxyl groups excluding tert-OH is 3. The van der Waals surface area contributed by atoms with Crippen molar-refractivity contribution in [2.24, 2.45) is 17.8 Å². The number of Topliss-reactive ketones (excluding diaryl/α,β-unsaturated/α-hetero) is 1. The minimum atomic E-state index is -2.19.